The van der Waals surface area contributed by atoms with E-state index in [0.717, 1.165) is 18.0 Å². The molecule has 0 radical (unpaired) electrons. The molecule has 0 aliphatic heterocycles. The summed E-state index contributed by atoms with van der Waals surface area (Å²) < 4.78 is 0. The molecule has 12 heavy (non-hydrogen) atoms. The van der Waals surface area contributed by atoms with Crippen LogP contribution in [-0.4, -0.2) is 11.6 Å². The van der Waals surface area contributed by atoms with E-state index in [1.54, 1.807) is 0 Å². The Labute approximate surface area is 82.4 Å². The van der Waals surface area contributed by atoms with Gasteiger partial charge in [0.1, 0.15) is 6.29 Å². The van der Waals surface area contributed by atoms with Crippen LogP contribution < -0.4 is 0 Å². The Balaban J connectivity index is 2.71. The Morgan fingerprint density at radius 1 is 1.75 bits per heavy atom. The first-order valence-electron chi connectivity index (χ1n) is 4.32. The maximum Gasteiger partial charge on any atom is 0.120 e. The van der Waals surface area contributed by atoms with Crippen LogP contribution in [0.2, 0.25) is 0 Å². The molecule has 0 amide bonds. The minimum atomic E-state index is 0.213. The summed E-state index contributed by atoms with van der Waals surface area (Å²) in [6.07, 6.45) is 5.06. The van der Waals surface area contributed by atoms with Gasteiger partial charge >= 0.3 is 0 Å². The van der Waals surface area contributed by atoms with Crippen LogP contribution in [-0.2, 0) is 4.79 Å². The largest absolute Gasteiger partial charge is 0.303 e. The lowest BCUT2D eigenvalue weighted by Crippen LogP contribution is -2.22. The van der Waals surface area contributed by atoms with Crippen molar-refractivity contribution in [3.8, 4) is 0 Å². The molecule has 0 fully saturated rings. The van der Waals surface area contributed by atoms with Crippen LogP contribution in [0.5, 0.6) is 0 Å². The van der Waals surface area contributed by atoms with Gasteiger partial charge in [-0.25, -0.2) is 0 Å². The lowest BCUT2D eigenvalue weighted by molar-refractivity contribution is -0.109. The zero-order chi connectivity index (χ0) is 9.19. The van der Waals surface area contributed by atoms with E-state index in [2.05, 4.69) is 35.9 Å². The third-order valence-corrected chi connectivity index (χ3v) is 3.63. The molecule has 1 atom stereocenters. The Kier molecular flexibility index (Phi) is 3.10. The Morgan fingerprint density at radius 3 is 2.83 bits per heavy atom. The standard InChI is InChI=1S/C10H15BrO/c1-10(2)8(5-6-12)3-4-9(10)7-11/h4,6,8H,3,5,7H2,1-2H3. The number of carbonyl (C=O) groups is 1. The Bertz CT molecular complexity index is 206. The summed E-state index contributed by atoms with van der Waals surface area (Å²) in [6.45, 7) is 4.45. The molecule has 0 aromatic carbocycles. The number of allylic oxidation sites excluding steroid dienone is 2. The van der Waals surface area contributed by atoms with Crippen molar-refractivity contribution in [1.29, 1.82) is 0 Å². The smallest absolute Gasteiger partial charge is 0.120 e. The van der Waals surface area contributed by atoms with Crippen LogP contribution in [0.3, 0.4) is 0 Å². The van der Waals surface area contributed by atoms with Crippen LogP contribution in [0.4, 0.5) is 0 Å². The number of halogens is 1. The molecule has 68 valence electrons. The second-order valence-corrected chi connectivity index (χ2v) is 4.48. The molecule has 1 aliphatic rings. The highest BCUT2D eigenvalue weighted by molar-refractivity contribution is 9.09. The van der Waals surface area contributed by atoms with Gasteiger partial charge in [0.15, 0.2) is 0 Å². The van der Waals surface area contributed by atoms with E-state index in [9.17, 15) is 4.79 Å². The molecule has 1 aliphatic carbocycles. The van der Waals surface area contributed by atoms with Crippen LogP contribution in [0.1, 0.15) is 26.7 Å². The van der Waals surface area contributed by atoms with Crippen LogP contribution >= 0.6 is 15.9 Å². The second kappa shape index (κ2) is 3.73. The van der Waals surface area contributed by atoms with E-state index in [1.807, 2.05) is 0 Å². The van der Waals surface area contributed by atoms with E-state index < -0.39 is 0 Å². The molecule has 0 spiro atoms. The molecule has 0 saturated carbocycles. The zero-order valence-corrected chi connectivity index (χ0v) is 9.23. The monoisotopic (exact) mass is 230 g/mol. The topological polar surface area (TPSA) is 17.1 Å². The summed E-state index contributed by atoms with van der Waals surface area (Å²) in [7, 11) is 0. The molecule has 1 nitrogen and oxygen atoms in total. The lowest BCUT2D eigenvalue weighted by Gasteiger charge is -2.29. The van der Waals surface area contributed by atoms with E-state index >= 15 is 0 Å². The number of alkyl halides is 1. The van der Waals surface area contributed by atoms with Crippen molar-refractivity contribution < 1.29 is 4.79 Å². The molecule has 1 rings (SSSR count). The van der Waals surface area contributed by atoms with Crippen molar-refractivity contribution in [2.45, 2.75) is 26.7 Å². The average Bonchev–Trinajstić information content (AvgIpc) is 2.28. The zero-order valence-electron chi connectivity index (χ0n) is 7.64. The molecule has 0 saturated heterocycles. The molecule has 0 heterocycles. The third-order valence-electron chi connectivity index (χ3n) is 3.02. The highest BCUT2D eigenvalue weighted by Gasteiger charge is 2.35. The first-order chi connectivity index (χ1) is 5.62. The first kappa shape index (κ1) is 9.97. The maximum absolute atomic E-state index is 10.4. The average molecular weight is 231 g/mol. The fourth-order valence-electron chi connectivity index (χ4n) is 1.84. The van der Waals surface area contributed by atoms with Gasteiger partial charge in [-0.2, -0.15) is 0 Å². The van der Waals surface area contributed by atoms with Crippen molar-refractivity contribution >= 4 is 22.2 Å². The summed E-state index contributed by atoms with van der Waals surface area (Å²) in [5.74, 6) is 0.516. The lowest BCUT2D eigenvalue weighted by atomic mass is 9.76. The van der Waals surface area contributed by atoms with Gasteiger partial charge in [0.25, 0.3) is 0 Å². The third kappa shape index (κ3) is 1.63. The number of hydrogen-bond donors (Lipinski definition) is 0. The molecule has 0 aromatic heterocycles. The van der Waals surface area contributed by atoms with Crippen molar-refractivity contribution in [2.75, 3.05) is 5.33 Å². The summed E-state index contributed by atoms with van der Waals surface area (Å²) in [6, 6.07) is 0. The quantitative estimate of drug-likeness (QED) is 0.414. The molecule has 0 N–H and O–H groups in total. The van der Waals surface area contributed by atoms with Gasteiger partial charge in [0, 0.05) is 11.8 Å². The van der Waals surface area contributed by atoms with Crippen LogP contribution in [0.25, 0.3) is 0 Å². The first-order valence-corrected chi connectivity index (χ1v) is 5.44. The fraction of sp³-hybridized carbons (Fsp3) is 0.700. The van der Waals surface area contributed by atoms with E-state index in [-0.39, 0.29) is 5.41 Å². The van der Waals surface area contributed by atoms with Crippen molar-refractivity contribution in [3.63, 3.8) is 0 Å². The van der Waals surface area contributed by atoms with Gasteiger partial charge in [-0.1, -0.05) is 41.4 Å². The molecule has 1 unspecified atom stereocenters. The van der Waals surface area contributed by atoms with Crippen molar-refractivity contribution in [2.24, 2.45) is 11.3 Å². The van der Waals surface area contributed by atoms with Gasteiger partial charge in [-0.05, 0) is 17.8 Å². The Morgan fingerprint density at radius 2 is 2.42 bits per heavy atom. The number of aldehydes is 1. The predicted octanol–water partition coefficient (Wildman–Crippen LogP) is 2.94. The van der Waals surface area contributed by atoms with Crippen LogP contribution in [0, 0.1) is 11.3 Å². The number of rotatable bonds is 3. The highest BCUT2D eigenvalue weighted by Crippen LogP contribution is 2.44. The van der Waals surface area contributed by atoms with Gasteiger partial charge in [0.05, 0.1) is 0 Å². The fourth-order valence-corrected chi connectivity index (χ4v) is 2.79. The second-order valence-electron chi connectivity index (χ2n) is 3.92. The molecule has 2 heteroatoms. The van der Waals surface area contributed by atoms with Gasteiger partial charge in [-0.3, -0.25) is 0 Å². The van der Waals surface area contributed by atoms with Crippen molar-refractivity contribution in [1.82, 2.24) is 0 Å². The Hall–Kier alpha value is -0.110. The van der Waals surface area contributed by atoms with Crippen molar-refractivity contribution in [3.05, 3.63) is 11.6 Å². The number of hydrogen-bond acceptors (Lipinski definition) is 1. The summed E-state index contributed by atoms with van der Waals surface area (Å²) in [5, 5.41) is 0.940. The van der Waals surface area contributed by atoms with E-state index in [0.29, 0.717) is 12.3 Å². The van der Waals surface area contributed by atoms with E-state index in [1.165, 1.54) is 5.57 Å². The SMILES string of the molecule is CC1(C)C(CBr)=CCC1CC=O. The molecule has 0 bridgehead atoms. The molecular weight excluding hydrogens is 216 g/mol. The van der Waals surface area contributed by atoms with Gasteiger partial charge in [0.2, 0.25) is 0 Å². The highest BCUT2D eigenvalue weighted by atomic mass is 79.9. The summed E-state index contributed by atoms with van der Waals surface area (Å²) in [5.41, 5.74) is 1.65. The van der Waals surface area contributed by atoms with Gasteiger partial charge in [-0.15, -0.1) is 0 Å². The molecule has 0 aromatic rings. The summed E-state index contributed by atoms with van der Waals surface area (Å²) in [4.78, 5) is 10.4. The summed E-state index contributed by atoms with van der Waals surface area (Å²) >= 11 is 3.47. The normalized spacial score (nSPS) is 26.9. The molecular formula is C10H15BrO. The minimum absolute atomic E-state index is 0.213. The van der Waals surface area contributed by atoms with Gasteiger partial charge < -0.3 is 4.79 Å². The van der Waals surface area contributed by atoms with E-state index in [4.69, 9.17) is 0 Å². The minimum Gasteiger partial charge on any atom is -0.303 e. The number of carbonyl (C=O) groups excluding carboxylic acids is 1. The predicted molar refractivity (Wildman–Crippen MR) is 54.4 cm³/mol. The maximum atomic E-state index is 10.4. The van der Waals surface area contributed by atoms with Crippen LogP contribution in [0.15, 0.2) is 11.6 Å².